The van der Waals surface area contributed by atoms with Crippen LogP contribution in [0, 0.1) is 6.92 Å². The fraction of sp³-hybridized carbons (Fsp3) is 0.636. The van der Waals surface area contributed by atoms with E-state index in [1.54, 1.807) is 11.3 Å². The molecule has 1 atom stereocenters. The minimum absolute atomic E-state index is 0.216. The lowest BCUT2D eigenvalue weighted by Crippen LogP contribution is -2.48. The van der Waals surface area contributed by atoms with Crippen LogP contribution >= 0.6 is 11.3 Å². The second-order valence-corrected chi connectivity index (χ2v) is 6.12. The summed E-state index contributed by atoms with van der Waals surface area (Å²) in [6, 6.07) is 0. The summed E-state index contributed by atoms with van der Waals surface area (Å²) in [4.78, 5) is 17.0. The van der Waals surface area contributed by atoms with Gasteiger partial charge in [-0.3, -0.25) is 4.79 Å². The number of rotatable bonds is 2. The fourth-order valence-electron chi connectivity index (χ4n) is 2.40. The predicted molar refractivity (Wildman–Crippen MR) is 64.0 cm³/mol. The molecule has 1 amide bonds. The maximum absolute atomic E-state index is 11.1. The zero-order chi connectivity index (χ0) is 11.8. The van der Waals surface area contributed by atoms with E-state index in [0.29, 0.717) is 6.54 Å². The molecule has 1 aliphatic heterocycles. The van der Waals surface area contributed by atoms with E-state index in [4.69, 9.17) is 5.73 Å². The van der Waals surface area contributed by atoms with Crippen molar-refractivity contribution in [2.24, 2.45) is 5.73 Å². The number of likely N-dealkylation sites (N-methyl/N-ethyl adjacent to an activating group) is 1. The minimum Gasteiger partial charge on any atom is -0.365 e. The van der Waals surface area contributed by atoms with Crippen LogP contribution < -0.4 is 5.73 Å². The molecule has 2 N–H and O–H groups in total. The Bertz CT molecular complexity index is 415. The molecule has 0 saturated carbocycles. The van der Waals surface area contributed by atoms with Gasteiger partial charge >= 0.3 is 0 Å². The Labute approximate surface area is 99.7 Å². The third-order valence-corrected chi connectivity index (χ3v) is 4.06. The summed E-state index contributed by atoms with van der Waals surface area (Å²) in [7, 11) is 2.11. The third-order valence-electron chi connectivity index (χ3n) is 3.06. The Balaban J connectivity index is 2.24. The number of quaternary nitrogens is 1. The number of hydrogen-bond donors (Lipinski definition) is 1. The average molecular weight is 240 g/mol. The highest BCUT2D eigenvalue weighted by molar-refractivity contribution is 7.11. The minimum atomic E-state index is -0.216. The zero-order valence-electron chi connectivity index (χ0n) is 9.82. The molecule has 16 heavy (non-hydrogen) atoms. The summed E-state index contributed by atoms with van der Waals surface area (Å²) < 4.78 is 0.726. The van der Waals surface area contributed by atoms with Crippen LogP contribution in [0.1, 0.15) is 22.0 Å². The van der Waals surface area contributed by atoms with Crippen molar-refractivity contribution in [1.29, 1.82) is 0 Å². The number of aromatic nitrogens is 1. The van der Waals surface area contributed by atoms with Gasteiger partial charge in [0.15, 0.2) is 6.54 Å². The zero-order valence-corrected chi connectivity index (χ0v) is 10.6. The van der Waals surface area contributed by atoms with Crippen molar-refractivity contribution in [2.45, 2.75) is 26.3 Å². The fourth-order valence-corrected chi connectivity index (χ4v) is 3.55. The maximum Gasteiger partial charge on any atom is 0.272 e. The molecular formula is C11H18N3OS+. The molecule has 0 spiro atoms. The molecule has 0 radical (unpaired) electrons. The molecule has 0 aliphatic carbocycles. The van der Waals surface area contributed by atoms with Crippen LogP contribution in [0.4, 0.5) is 0 Å². The molecule has 1 unspecified atom stereocenters. The summed E-state index contributed by atoms with van der Waals surface area (Å²) in [5.74, 6) is -0.216. The summed E-state index contributed by atoms with van der Waals surface area (Å²) >= 11 is 1.75. The normalized spacial score (nSPS) is 24.9. The summed E-state index contributed by atoms with van der Waals surface area (Å²) in [6.45, 7) is 4.36. The van der Waals surface area contributed by atoms with Gasteiger partial charge in [-0.2, -0.15) is 0 Å². The Hall–Kier alpha value is -0.940. The molecule has 1 aromatic rings. The molecule has 0 saturated heterocycles. The van der Waals surface area contributed by atoms with Crippen molar-refractivity contribution >= 4 is 17.2 Å². The number of nitrogens with two attached hydrogens (primary N) is 1. The van der Waals surface area contributed by atoms with Gasteiger partial charge in [-0.05, 0) is 13.3 Å². The van der Waals surface area contributed by atoms with Gasteiger partial charge in [0, 0.05) is 6.42 Å². The topological polar surface area (TPSA) is 56.0 Å². The second kappa shape index (κ2) is 4.14. The van der Waals surface area contributed by atoms with Crippen LogP contribution in [0.2, 0.25) is 0 Å². The predicted octanol–water partition coefficient (Wildman–Crippen LogP) is 0.830. The monoisotopic (exact) mass is 240 g/mol. The van der Waals surface area contributed by atoms with Crippen LogP contribution in [0.25, 0.3) is 0 Å². The van der Waals surface area contributed by atoms with Gasteiger partial charge in [0.05, 0.1) is 29.2 Å². The van der Waals surface area contributed by atoms with Crippen molar-refractivity contribution in [3.8, 4) is 0 Å². The average Bonchev–Trinajstić information content (AvgIpc) is 2.37. The molecule has 88 valence electrons. The number of carbonyl (C=O) groups is 1. The Morgan fingerprint density at radius 2 is 2.38 bits per heavy atom. The van der Waals surface area contributed by atoms with Crippen molar-refractivity contribution in [2.75, 3.05) is 20.1 Å². The van der Waals surface area contributed by atoms with Crippen molar-refractivity contribution in [1.82, 2.24) is 4.98 Å². The van der Waals surface area contributed by atoms with Crippen LogP contribution in [-0.4, -0.2) is 35.5 Å². The second-order valence-electron chi connectivity index (χ2n) is 4.83. The molecular weight excluding hydrogens is 222 g/mol. The van der Waals surface area contributed by atoms with Crippen LogP contribution in [0.3, 0.4) is 0 Å². The number of amides is 1. The first-order chi connectivity index (χ1) is 7.48. The number of hydrogen-bond acceptors (Lipinski definition) is 3. The molecule has 2 heterocycles. The van der Waals surface area contributed by atoms with Crippen molar-refractivity contribution in [3.05, 3.63) is 15.6 Å². The van der Waals surface area contributed by atoms with Gasteiger partial charge in [-0.1, -0.05) is 0 Å². The Kier molecular flexibility index (Phi) is 2.99. The molecule has 0 aromatic carbocycles. The van der Waals surface area contributed by atoms with E-state index in [0.717, 1.165) is 35.4 Å². The van der Waals surface area contributed by atoms with Crippen molar-refractivity contribution in [3.63, 3.8) is 0 Å². The van der Waals surface area contributed by atoms with Gasteiger partial charge in [0.25, 0.3) is 5.91 Å². The largest absolute Gasteiger partial charge is 0.365 e. The highest BCUT2D eigenvalue weighted by Gasteiger charge is 2.29. The number of thiazole rings is 1. The molecule has 4 nitrogen and oxygen atoms in total. The molecule has 0 bridgehead atoms. The highest BCUT2D eigenvalue weighted by Crippen LogP contribution is 2.27. The molecule has 0 fully saturated rings. The Morgan fingerprint density at radius 3 is 3.06 bits per heavy atom. The van der Waals surface area contributed by atoms with Crippen LogP contribution in [0.15, 0.2) is 0 Å². The first-order valence-electron chi connectivity index (χ1n) is 5.55. The number of carbonyl (C=O) groups excluding carboxylic acids is 1. The molecule has 1 aromatic heterocycles. The van der Waals surface area contributed by atoms with Gasteiger partial charge in [-0.15, -0.1) is 11.3 Å². The number of fused-ring (bicyclic) bond motifs is 1. The van der Waals surface area contributed by atoms with E-state index in [1.165, 1.54) is 10.6 Å². The van der Waals surface area contributed by atoms with E-state index < -0.39 is 0 Å². The van der Waals surface area contributed by atoms with E-state index in [2.05, 4.69) is 12.0 Å². The SMILES string of the molecule is Cc1nc2c(s1)C[N+](C)(CC(N)=O)CCC2. The van der Waals surface area contributed by atoms with Gasteiger partial charge < -0.3 is 10.2 Å². The lowest BCUT2D eigenvalue weighted by molar-refractivity contribution is -0.914. The van der Waals surface area contributed by atoms with E-state index >= 15 is 0 Å². The molecule has 5 heteroatoms. The van der Waals surface area contributed by atoms with Gasteiger partial charge in [0.2, 0.25) is 0 Å². The van der Waals surface area contributed by atoms with Gasteiger partial charge in [-0.25, -0.2) is 4.98 Å². The van der Waals surface area contributed by atoms with E-state index in [9.17, 15) is 4.79 Å². The Morgan fingerprint density at radius 1 is 1.62 bits per heavy atom. The summed E-state index contributed by atoms with van der Waals surface area (Å²) in [6.07, 6.45) is 2.12. The standard InChI is InChI=1S/C11H17N3OS/c1-8-13-9-4-3-5-14(2,7-11(12)15)6-10(9)16-8/h3-7H2,1-2H3,(H-,12,15)/p+1. The number of aryl methyl sites for hydroxylation is 2. The maximum atomic E-state index is 11.1. The smallest absolute Gasteiger partial charge is 0.272 e. The summed E-state index contributed by atoms with van der Waals surface area (Å²) in [5, 5.41) is 1.12. The first kappa shape index (κ1) is 11.5. The first-order valence-corrected chi connectivity index (χ1v) is 6.37. The quantitative estimate of drug-likeness (QED) is 0.778. The molecule has 2 rings (SSSR count). The molecule has 1 aliphatic rings. The van der Waals surface area contributed by atoms with E-state index in [1.807, 2.05) is 6.92 Å². The lowest BCUT2D eigenvalue weighted by atomic mass is 10.2. The third kappa shape index (κ3) is 2.41. The van der Waals surface area contributed by atoms with Crippen LogP contribution in [0.5, 0.6) is 0 Å². The van der Waals surface area contributed by atoms with Crippen molar-refractivity contribution < 1.29 is 9.28 Å². The van der Waals surface area contributed by atoms with Gasteiger partial charge in [0.1, 0.15) is 6.54 Å². The van der Waals surface area contributed by atoms with Crippen LogP contribution in [-0.2, 0) is 17.8 Å². The highest BCUT2D eigenvalue weighted by atomic mass is 32.1. The number of primary amides is 1. The van der Waals surface area contributed by atoms with E-state index in [-0.39, 0.29) is 5.91 Å². The number of nitrogens with zero attached hydrogens (tertiary/aromatic N) is 2. The lowest BCUT2D eigenvalue weighted by Gasteiger charge is -2.31. The summed E-state index contributed by atoms with van der Waals surface area (Å²) in [5.41, 5.74) is 6.55.